The molecule has 2 bridgehead atoms. The van der Waals surface area contributed by atoms with E-state index in [9.17, 15) is 14.4 Å². The number of nitrogens with zero attached hydrogens (tertiary/aromatic N) is 1. The third-order valence-corrected chi connectivity index (χ3v) is 7.26. The standard InChI is InChI=1S/C20H18Cl2N2O3/c21-14-4-1-9(7-15(14)22)23-16(25)5-6-24-19(26)17-10-2-3-11(13-8-12(10)13)18(17)20(24)27/h1-4,7,10-13,17-18H,5-6,8H2,(H,23,25)/t10-,11-,12-,13-,17+,18+/m1/s1. The molecule has 1 aromatic rings. The zero-order valence-corrected chi connectivity index (χ0v) is 15.9. The molecule has 0 spiro atoms. The molecule has 1 aromatic carbocycles. The van der Waals surface area contributed by atoms with Gasteiger partial charge in [0.15, 0.2) is 0 Å². The summed E-state index contributed by atoms with van der Waals surface area (Å²) in [6.45, 7) is 0.118. The third kappa shape index (κ3) is 2.63. The first kappa shape index (κ1) is 17.3. The van der Waals surface area contributed by atoms with E-state index in [-0.39, 0.29) is 54.4 Å². The first-order chi connectivity index (χ1) is 13.0. The Morgan fingerprint density at radius 1 is 1.04 bits per heavy atom. The Balaban J connectivity index is 1.24. The lowest BCUT2D eigenvalue weighted by Crippen LogP contribution is -2.40. The highest BCUT2D eigenvalue weighted by molar-refractivity contribution is 6.42. The number of benzene rings is 1. The molecule has 1 saturated heterocycles. The van der Waals surface area contributed by atoms with Crippen molar-refractivity contribution in [3.63, 3.8) is 0 Å². The number of hydrogen-bond donors (Lipinski definition) is 1. The molecule has 1 heterocycles. The van der Waals surface area contributed by atoms with Gasteiger partial charge in [-0.25, -0.2) is 0 Å². The Kier molecular flexibility index (Phi) is 3.89. The molecule has 27 heavy (non-hydrogen) atoms. The SMILES string of the molecule is O=C(CCN1C(=O)[C@H]2[C@@H]3C=C[C@H]([C@H]4C[C@H]34)[C@@H]2C1=O)Nc1ccc(Cl)c(Cl)c1. The third-order valence-electron chi connectivity index (χ3n) is 6.52. The van der Waals surface area contributed by atoms with Crippen molar-refractivity contribution in [2.24, 2.45) is 35.5 Å². The van der Waals surface area contributed by atoms with Crippen molar-refractivity contribution in [2.45, 2.75) is 12.8 Å². The molecule has 0 aromatic heterocycles. The topological polar surface area (TPSA) is 66.5 Å². The van der Waals surface area contributed by atoms with Crippen LogP contribution in [0, 0.1) is 35.5 Å². The highest BCUT2D eigenvalue weighted by atomic mass is 35.5. The minimum atomic E-state index is -0.271. The number of carbonyl (C=O) groups excluding carboxylic acids is 3. The lowest BCUT2D eigenvalue weighted by molar-refractivity contribution is -0.140. The highest BCUT2D eigenvalue weighted by Gasteiger charge is 2.66. The molecular formula is C20H18Cl2N2O3. The Morgan fingerprint density at radius 2 is 1.67 bits per heavy atom. The summed E-state index contributed by atoms with van der Waals surface area (Å²) in [4.78, 5) is 39.3. The van der Waals surface area contributed by atoms with Crippen molar-refractivity contribution >= 4 is 46.6 Å². The summed E-state index contributed by atoms with van der Waals surface area (Å²) in [7, 11) is 0. The summed E-state index contributed by atoms with van der Waals surface area (Å²) in [5.74, 6) is 0.672. The number of rotatable bonds is 4. The average molecular weight is 405 g/mol. The van der Waals surface area contributed by atoms with Crippen LogP contribution in [0.25, 0.3) is 0 Å². The van der Waals surface area contributed by atoms with Crippen LogP contribution in [0.3, 0.4) is 0 Å². The van der Waals surface area contributed by atoms with E-state index in [1.165, 1.54) is 4.90 Å². The number of imide groups is 1. The minimum absolute atomic E-state index is 0.0623. The Labute approximate surface area is 166 Å². The van der Waals surface area contributed by atoms with Crippen molar-refractivity contribution < 1.29 is 14.4 Å². The number of likely N-dealkylation sites (tertiary alicyclic amines) is 1. The predicted molar refractivity (Wildman–Crippen MR) is 101 cm³/mol. The van der Waals surface area contributed by atoms with Crippen LogP contribution in [0.15, 0.2) is 30.4 Å². The van der Waals surface area contributed by atoms with E-state index in [0.717, 1.165) is 6.42 Å². The number of hydrogen-bond acceptors (Lipinski definition) is 3. The number of halogens is 2. The second-order valence-corrected chi connectivity index (χ2v) is 8.72. The van der Waals surface area contributed by atoms with E-state index in [0.29, 0.717) is 27.6 Å². The molecule has 0 radical (unpaired) electrons. The van der Waals surface area contributed by atoms with Crippen LogP contribution >= 0.6 is 23.2 Å². The Morgan fingerprint density at radius 3 is 2.26 bits per heavy atom. The van der Waals surface area contributed by atoms with Crippen LogP contribution in [-0.2, 0) is 14.4 Å². The van der Waals surface area contributed by atoms with E-state index in [2.05, 4.69) is 17.5 Å². The van der Waals surface area contributed by atoms with Gasteiger partial charge >= 0.3 is 0 Å². The zero-order chi connectivity index (χ0) is 18.9. The molecular weight excluding hydrogens is 387 g/mol. The van der Waals surface area contributed by atoms with Gasteiger partial charge in [-0.05, 0) is 48.3 Å². The van der Waals surface area contributed by atoms with Crippen LogP contribution in [-0.4, -0.2) is 29.2 Å². The molecule has 6 atom stereocenters. The minimum Gasteiger partial charge on any atom is -0.326 e. The summed E-state index contributed by atoms with van der Waals surface area (Å²) >= 11 is 11.8. The lowest BCUT2D eigenvalue weighted by atomic mass is 9.63. The normalized spacial score (nSPS) is 35.3. The predicted octanol–water partition coefficient (Wildman–Crippen LogP) is 3.38. The summed E-state index contributed by atoms with van der Waals surface area (Å²) in [6.07, 6.45) is 5.49. The molecule has 4 aliphatic carbocycles. The van der Waals surface area contributed by atoms with Crippen molar-refractivity contribution in [1.82, 2.24) is 4.90 Å². The molecule has 5 nitrogen and oxygen atoms in total. The van der Waals surface area contributed by atoms with E-state index in [4.69, 9.17) is 23.2 Å². The van der Waals surface area contributed by atoms with Gasteiger partial charge in [-0.15, -0.1) is 0 Å². The molecule has 6 rings (SSSR count). The van der Waals surface area contributed by atoms with E-state index >= 15 is 0 Å². The van der Waals surface area contributed by atoms with Gasteiger partial charge in [0.05, 0.1) is 21.9 Å². The van der Waals surface area contributed by atoms with Gasteiger partial charge < -0.3 is 5.32 Å². The number of anilines is 1. The van der Waals surface area contributed by atoms with E-state index < -0.39 is 0 Å². The molecule has 5 aliphatic rings. The molecule has 3 amide bonds. The van der Waals surface area contributed by atoms with Gasteiger partial charge in [-0.1, -0.05) is 35.4 Å². The van der Waals surface area contributed by atoms with Crippen LogP contribution in [0.1, 0.15) is 12.8 Å². The van der Waals surface area contributed by atoms with Crippen molar-refractivity contribution in [3.05, 3.63) is 40.4 Å². The number of nitrogens with one attached hydrogen (secondary N) is 1. The van der Waals surface area contributed by atoms with Gasteiger partial charge in [0.2, 0.25) is 17.7 Å². The van der Waals surface area contributed by atoms with Crippen LogP contribution in [0.5, 0.6) is 0 Å². The molecule has 140 valence electrons. The smallest absolute Gasteiger partial charge is 0.233 e. The molecule has 2 saturated carbocycles. The van der Waals surface area contributed by atoms with Crippen molar-refractivity contribution in [2.75, 3.05) is 11.9 Å². The largest absolute Gasteiger partial charge is 0.326 e. The number of allylic oxidation sites excluding steroid dienone is 2. The quantitative estimate of drug-likeness (QED) is 0.617. The first-order valence-electron chi connectivity index (χ1n) is 9.24. The van der Waals surface area contributed by atoms with Gasteiger partial charge in [-0.2, -0.15) is 0 Å². The molecule has 7 heteroatoms. The lowest BCUT2D eigenvalue weighted by Gasteiger charge is -2.37. The van der Waals surface area contributed by atoms with Gasteiger partial charge in [-0.3, -0.25) is 19.3 Å². The summed E-state index contributed by atoms with van der Waals surface area (Å²) < 4.78 is 0. The number of amides is 3. The molecule has 1 N–H and O–H groups in total. The molecule has 0 unspecified atom stereocenters. The zero-order valence-electron chi connectivity index (χ0n) is 14.4. The monoisotopic (exact) mass is 404 g/mol. The van der Waals surface area contributed by atoms with Crippen LogP contribution in [0.2, 0.25) is 10.0 Å². The van der Waals surface area contributed by atoms with E-state index in [1.807, 2.05) is 0 Å². The average Bonchev–Trinajstić information content (AvgIpc) is 3.42. The fourth-order valence-corrected chi connectivity index (χ4v) is 5.55. The van der Waals surface area contributed by atoms with Crippen molar-refractivity contribution in [3.8, 4) is 0 Å². The van der Waals surface area contributed by atoms with Crippen LogP contribution < -0.4 is 5.32 Å². The van der Waals surface area contributed by atoms with Crippen molar-refractivity contribution in [1.29, 1.82) is 0 Å². The number of carbonyl (C=O) groups is 3. The maximum Gasteiger partial charge on any atom is 0.233 e. The maximum atomic E-state index is 12.9. The van der Waals surface area contributed by atoms with Crippen LogP contribution in [0.4, 0.5) is 5.69 Å². The summed E-state index contributed by atoms with van der Waals surface area (Å²) in [6, 6.07) is 4.83. The van der Waals surface area contributed by atoms with E-state index in [1.54, 1.807) is 18.2 Å². The fourth-order valence-electron chi connectivity index (χ4n) is 5.25. The Bertz CT molecular complexity index is 863. The Hall–Kier alpha value is -1.85. The van der Waals surface area contributed by atoms with Gasteiger partial charge in [0.25, 0.3) is 0 Å². The summed E-state index contributed by atoms with van der Waals surface area (Å²) in [5.41, 5.74) is 0.532. The van der Waals surface area contributed by atoms with Gasteiger partial charge in [0, 0.05) is 18.7 Å². The summed E-state index contributed by atoms with van der Waals surface area (Å²) in [5, 5.41) is 3.49. The molecule has 1 aliphatic heterocycles. The van der Waals surface area contributed by atoms with Gasteiger partial charge in [0.1, 0.15) is 0 Å². The molecule has 3 fully saturated rings. The second kappa shape index (κ2) is 6.08. The maximum absolute atomic E-state index is 12.9. The first-order valence-corrected chi connectivity index (χ1v) is 10.00. The fraction of sp³-hybridized carbons (Fsp3) is 0.450. The highest BCUT2D eigenvalue weighted by Crippen LogP contribution is 2.65. The second-order valence-electron chi connectivity index (χ2n) is 7.91.